The zero-order chi connectivity index (χ0) is 15.2. The molecule has 112 valence electrons. The minimum Gasteiger partial charge on any atom is -0.467 e. The van der Waals surface area contributed by atoms with E-state index in [2.05, 4.69) is 20.3 Å². The molecule has 8 heteroatoms. The third-order valence-electron chi connectivity index (χ3n) is 2.43. The molecule has 1 aromatic heterocycles. The van der Waals surface area contributed by atoms with Gasteiger partial charge in [-0.1, -0.05) is 24.6 Å². The summed E-state index contributed by atoms with van der Waals surface area (Å²) in [7, 11) is 1.42. The van der Waals surface area contributed by atoms with Gasteiger partial charge in [-0.3, -0.25) is 0 Å². The van der Waals surface area contributed by atoms with E-state index in [9.17, 15) is 4.39 Å². The van der Waals surface area contributed by atoms with Crippen molar-refractivity contribution in [3.05, 3.63) is 29.0 Å². The summed E-state index contributed by atoms with van der Waals surface area (Å²) in [4.78, 5) is 12.0. The van der Waals surface area contributed by atoms with E-state index < -0.39 is 5.82 Å². The van der Waals surface area contributed by atoms with Gasteiger partial charge in [-0.15, -0.1) is 4.98 Å². The molecule has 0 aliphatic rings. The van der Waals surface area contributed by atoms with Gasteiger partial charge in [0.15, 0.2) is 11.6 Å². The molecule has 6 nitrogen and oxygen atoms in total. The smallest absolute Gasteiger partial charge is 0.330 e. The Balaban J connectivity index is 2.28. The first kappa shape index (κ1) is 15.2. The van der Waals surface area contributed by atoms with Crippen LogP contribution in [0.1, 0.15) is 13.3 Å². The summed E-state index contributed by atoms with van der Waals surface area (Å²) < 4.78 is 24.1. The SMILES string of the molecule is CCCNc1nc(OC)nc(Oc2cccc(Cl)c2F)n1. The molecule has 0 amide bonds. The molecule has 0 bridgehead atoms. The highest BCUT2D eigenvalue weighted by atomic mass is 35.5. The Morgan fingerprint density at radius 3 is 2.71 bits per heavy atom. The number of nitrogens with one attached hydrogen (secondary N) is 1. The quantitative estimate of drug-likeness (QED) is 0.882. The molecule has 2 rings (SSSR count). The Bertz CT molecular complexity index is 627. The number of anilines is 1. The highest BCUT2D eigenvalue weighted by molar-refractivity contribution is 6.30. The molecule has 0 spiro atoms. The van der Waals surface area contributed by atoms with Gasteiger partial charge in [0.1, 0.15) is 0 Å². The molecule has 0 saturated heterocycles. The second-order valence-corrected chi connectivity index (χ2v) is 4.42. The maximum Gasteiger partial charge on any atom is 0.330 e. The van der Waals surface area contributed by atoms with Crippen molar-refractivity contribution in [1.29, 1.82) is 0 Å². The van der Waals surface area contributed by atoms with Crippen LogP contribution in [0, 0.1) is 5.82 Å². The number of aromatic nitrogens is 3. The molecule has 2 aromatic rings. The van der Waals surface area contributed by atoms with Gasteiger partial charge in [0.05, 0.1) is 12.1 Å². The third kappa shape index (κ3) is 3.91. The van der Waals surface area contributed by atoms with Crippen LogP contribution in [0.25, 0.3) is 0 Å². The number of ether oxygens (including phenoxy) is 2. The Morgan fingerprint density at radius 1 is 1.24 bits per heavy atom. The second kappa shape index (κ2) is 7.03. The fraction of sp³-hybridized carbons (Fsp3) is 0.308. The van der Waals surface area contributed by atoms with Crippen LogP contribution < -0.4 is 14.8 Å². The van der Waals surface area contributed by atoms with Gasteiger partial charge in [-0.05, 0) is 18.6 Å². The van der Waals surface area contributed by atoms with Crippen molar-refractivity contribution in [2.45, 2.75) is 13.3 Å². The van der Waals surface area contributed by atoms with E-state index >= 15 is 0 Å². The van der Waals surface area contributed by atoms with E-state index in [1.54, 1.807) is 6.07 Å². The van der Waals surface area contributed by atoms with E-state index in [-0.39, 0.29) is 22.8 Å². The first-order chi connectivity index (χ1) is 10.1. The fourth-order valence-corrected chi connectivity index (χ4v) is 1.62. The number of halogens is 2. The monoisotopic (exact) mass is 312 g/mol. The average molecular weight is 313 g/mol. The van der Waals surface area contributed by atoms with Crippen LogP contribution in [-0.2, 0) is 0 Å². The van der Waals surface area contributed by atoms with Gasteiger partial charge < -0.3 is 14.8 Å². The van der Waals surface area contributed by atoms with Crippen LogP contribution in [0.4, 0.5) is 10.3 Å². The summed E-state index contributed by atoms with van der Waals surface area (Å²) in [5, 5.41) is 2.94. The summed E-state index contributed by atoms with van der Waals surface area (Å²) in [6.45, 7) is 2.68. The molecule has 0 saturated carbocycles. The fourth-order valence-electron chi connectivity index (χ4n) is 1.45. The molecule has 0 unspecified atom stereocenters. The molecule has 0 aliphatic heterocycles. The summed E-state index contributed by atoms with van der Waals surface area (Å²) >= 11 is 5.69. The van der Waals surface area contributed by atoms with Crippen molar-refractivity contribution in [2.75, 3.05) is 19.0 Å². The Kier molecular flexibility index (Phi) is 5.10. The van der Waals surface area contributed by atoms with E-state index in [1.165, 1.54) is 19.2 Å². The molecule has 0 aliphatic carbocycles. The van der Waals surface area contributed by atoms with Crippen molar-refractivity contribution >= 4 is 17.5 Å². The lowest BCUT2D eigenvalue weighted by Gasteiger charge is -2.09. The van der Waals surface area contributed by atoms with Crippen molar-refractivity contribution in [3.63, 3.8) is 0 Å². The third-order valence-corrected chi connectivity index (χ3v) is 2.72. The lowest BCUT2D eigenvalue weighted by Crippen LogP contribution is -2.07. The summed E-state index contributed by atoms with van der Waals surface area (Å²) in [5.41, 5.74) is 0. The van der Waals surface area contributed by atoms with Gasteiger partial charge in [0.2, 0.25) is 5.95 Å². The van der Waals surface area contributed by atoms with Crippen LogP contribution in [0.5, 0.6) is 17.8 Å². The Morgan fingerprint density at radius 2 is 2.00 bits per heavy atom. The number of benzene rings is 1. The van der Waals surface area contributed by atoms with Crippen molar-refractivity contribution < 1.29 is 13.9 Å². The van der Waals surface area contributed by atoms with Crippen LogP contribution >= 0.6 is 11.6 Å². The van der Waals surface area contributed by atoms with Crippen LogP contribution in [0.3, 0.4) is 0 Å². The predicted octanol–water partition coefficient (Wildman–Crippen LogP) is 3.29. The molecule has 0 atom stereocenters. The van der Waals surface area contributed by atoms with Gasteiger partial charge in [0, 0.05) is 6.54 Å². The average Bonchev–Trinajstić information content (AvgIpc) is 2.49. The van der Waals surface area contributed by atoms with Crippen LogP contribution in [0.2, 0.25) is 5.02 Å². The minimum atomic E-state index is -0.679. The first-order valence-electron chi connectivity index (χ1n) is 6.29. The van der Waals surface area contributed by atoms with Gasteiger partial charge >= 0.3 is 12.0 Å². The maximum atomic E-state index is 13.8. The Labute approximate surface area is 126 Å². The van der Waals surface area contributed by atoms with Crippen molar-refractivity contribution in [2.24, 2.45) is 0 Å². The van der Waals surface area contributed by atoms with Gasteiger partial charge in [-0.2, -0.15) is 9.97 Å². The minimum absolute atomic E-state index is 0.0437. The highest BCUT2D eigenvalue weighted by Gasteiger charge is 2.13. The maximum absolute atomic E-state index is 13.8. The largest absolute Gasteiger partial charge is 0.467 e. The zero-order valence-electron chi connectivity index (χ0n) is 11.6. The van der Waals surface area contributed by atoms with Crippen LogP contribution in [-0.4, -0.2) is 28.6 Å². The van der Waals surface area contributed by atoms with Gasteiger partial charge in [-0.25, -0.2) is 4.39 Å². The predicted molar refractivity (Wildman–Crippen MR) is 76.6 cm³/mol. The number of nitrogens with zero attached hydrogens (tertiary/aromatic N) is 3. The van der Waals surface area contributed by atoms with Crippen molar-refractivity contribution in [1.82, 2.24) is 15.0 Å². The molecule has 1 heterocycles. The van der Waals surface area contributed by atoms with E-state index in [4.69, 9.17) is 21.1 Å². The summed E-state index contributed by atoms with van der Waals surface area (Å²) in [6.07, 6.45) is 0.896. The number of rotatable bonds is 6. The molecular weight excluding hydrogens is 299 g/mol. The summed E-state index contributed by atoms with van der Waals surface area (Å²) in [5.74, 6) is -0.458. The normalized spacial score (nSPS) is 10.3. The lowest BCUT2D eigenvalue weighted by molar-refractivity contribution is 0.355. The Hall–Kier alpha value is -2.15. The van der Waals surface area contributed by atoms with E-state index in [1.807, 2.05) is 6.92 Å². The molecule has 0 fully saturated rings. The molecule has 0 radical (unpaired) electrons. The standard InChI is InChI=1S/C13H14ClFN4O2/c1-3-7-16-11-17-12(20-2)19-13(18-11)21-9-6-4-5-8(14)10(9)15/h4-6H,3,7H2,1-2H3,(H,16,17,18,19). The van der Waals surface area contributed by atoms with Gasteiger partial charge in [0.25, 0.3) is 0 Å². The molecular formula is C13H14ClFN4O2. The first-order valence-corrected chi connectivity index (χ1v) is 6.67. The lowest BCUT2D eigenvalue weighted by atomic mass is 10.3. The molecule has 21 heavy (non-hydrogen) atoms. The molecule has 1 N–H and O–H groups in total. The number of hydrogen-bond donors (Lipinski definition) is 1. The topological polar surface area (TPSA) is 69.2 Å². The zero-order valence-corrected chi connectivity index (χ0v) is 12.3. The number of methoxy groups -OCH3 is 1. The van der Waals surface area contributed by atoms with E-state index in [0.717, 1.165) is 6.42 Å². The number of hydrogen-bond acceptors (Lipinski definition) is 6. The van der Waals surface area contributed by atoms with Crippen molar-refractivity contribution in [3.8, 4) is 17.8 Å². The summed E-state index contributed by atoms with van der Waals surface area (Å²) in [6, 6.07) is 4.40. The second-order valence-electron chi connectivity index (χ2n) is 4.01. The molecule has 1 aromatic carbocycles. The highest BCUT2D eigenvalue weighted by Crippen LogP contribution is 2.27. The van der Waals surface area contributed by atoms with Crippen LogP contribution in [0.15, 0.2) is 18.2 Å². The van der Waals surface area contributed by atoms with E-state index in [0.29, 0.717) is 12.5 Å².